The number of carbonyl (C=O) groups excluding carboxylic acids is 1. The standard InChI is InChI=1S/C19H25N3O2S/c1-19(2,3)15-5-4-11-22(12-10-15)17(23)14-8-6-13(7-9-14)16-20-21-18(25)24-16/h6-9,15H,4-5,10-12H2,1-3H3,(H,21,25). The van der Waals surface area contributed by atoms with Gasteiger partial charge in [0.05, 0.1) is 0 Å². The van der Waals surface area contributed by atoms with Gasteiger partial charge in [0.15, 0.2) is 0 Å². The number of hydrogen-bond acceptors (Lipinski definition) is 4. The van der Waals surface area contributed by atoms with E-state index < -0.39 is 0 Å². The summed E-state index contributed by atoms with van der Waals surface area (Å²) in [5.74, 6) is 1.21. The molecular weight excluding hydrogens is 334 g/mol. The van der Waals surface area contributed by atoms with Gasteiger partial charge in [-0.3, -0.25) is 4.79 Å². The van der Waals surface area contributed by atoms with Crippen LogP contribution in [0.25, 0.3) is 11.5 Å². The second kappa shape index (κ2) is 7.12. The van der Waals surface area contributed by atoms with Crippen LogP contribution in [0.3, 0.4) is 0 Å². The maximum Gasteiger partial charge on any atom is 0.284 e. The van der Waals surface area contributed by atoms with Crippen molar-refractivity contribution in [2.24, 2.45) is 11.3 Å². The third kappa shape index (κ3) is 4.18. The van der Waals surface area contributed by atoms with Crippen molar-refractivity contribution in [1.29, 1.82) is 0 Å². The predicted octanol–water partition coefficient (Wildman–Crippen LogP) is 4.69. The van der Waals surface area contributed by atoms with Crippen molar-refractivity contribution in [3.05, 3.63) is 34.7 Å². The molecule has 0 radical (unpaired) electrons. The number of amides is 1. The highest BCUT2D eigenvalue weighted by molar-refractivity contribution is 7.71. The molecule has 1 aromatic heterocycles. The number of hydrogen-bond donors (Lipinski definition) is 1. The molecule has 2 heterocycles. The third-order valence-corrected chi connectivity index (χ3v) is 5.23. The van der Waals surface area contributed by atoms with Crippen LogP contribution in [-0.2, 0) is 0 Å². The lowest BCUT2D eigenvalue weighted by Gasteiger charge is -2.29. The Morgan fingerprint density at radius 2 is 1.96 bits per heavy atom. The van der Waals surface area contributed by atoms with Gasteiger partial charge in [0.1, 0.15) is 0 Å². The van der Waals surface area contributed by atoms with Gasteiger partial charge in [0.2, 0.25) is 5.89 Å². The monoisotopic (exact) mass is 359 g/mol. The molecular formula is C19H25N3O2S. The highest BCUT2D eigenvalue weighted by Crippen LogP contribution is 2.34. The van der Waals surface area contributed by atoms with E-state index in [4.69, 9.17) is 16.6 Å². The zero-order chi connectivity index (χ0) is 18.0. The Bertz CT molecular complexity index is 786. The Kier molecular flexibility index (Phi) is 5.08. The third-order valence-electron chi connectivity index (χ3n) is 5.06. The molecule has 25 heavy (non-hydrogen) atoms. The molecule has 1 aliphatic heterocycles. The summed E-state index contributed by atoms with van der Waals surface area (Å²) in [6.45, 7) is 8.55. The number of carbonyl (C=O) groups is 1. The topological polar surface area (TPSA) is 62.1 Å². The van der Waals surface area contributed by atoms with Gasteiger partial charge >= 0.3 is 0 Å². The van der Waals surface area contributed by atoms with E-state index in [2.05, 4.69) is 31.0 Å². The lowest BCUT2D eigenvalue weighted by atomic mass is 9.77. The molecule has 5 nitrogen and oxygen atoms in total. The van der Waals surface area contributed by atoms with E-state index in [1.54, 1.807) is 0 Å². The van der Waals surface area contributed by atoms with Gasteiger partial charge in [-0.15, -0.1) is 5.10 Å². The molecule has 134 valence electrons. The average molecular weight is 359 g/mol. The van der Waals surface area contributed by atoms with Crippen molar-refractivity contribution >= 4 is 18.1 Å². The zero-order valence-electron chi connectivity index (χ0n) is 15.0. The van der Waals surface area contributed by atoms with Gasteiger partial charge in [-0.1, -0.05) is 20.8 Å². The number of H-pyrrole nitrogens is 1. The number of likely N-dealkylation sites (tertiary alicyclic amines) is 1. The van der Waals surface area contributed by atoms with Crippen molar-refractivity contribution < 1.29 is 9.21 Å². The summed E-state index contributed by atoms with van der Waals surface area (Å²) in [5.41, 5.74) is 1.80. The molecule has 0 bridgehead atoms. The minimum Gasteiger partial charge on any atom is -0.409 e. The van der Waals surface area contributed by atoms with Gasteiger partial charge < -0.3 is 9.32 Å². The lowest BCUT2D eigenvalue weighted by molar-refractivity contribution is 0.0755. The Morgan fingerprint density at radius 3 is 2.56 bits per heavy atom. The maximum atomic E-state index is 12.8. The highest BCUT2D eigenvalue weighted by atomic mass is 32.1. The zero-order valence-corrected chi connectivity index (χ0v) is 15.9. The van der Waals surface area contributed by atoms with Crippen LogP contribution in [-0.4, -0.2) is 34.1 Å². The Hall–Kier alpha value is -1.95. The predicted molar refractivity (Wildman–Crippen MR) is 99.8 cm³/mol. The number of nitrogens with one attached hydrogen (secondary N) is 1. The van der Waals surface area contributed by atoms with Crippen LogP contribution in [0.1, 0.15) is 50.4 Å². The van der Waals surface area contributed by atoms with Crippen molar-refractivity contribution in [2.45, 2.75) is 40.0 Å². The largest absolute Gasteiger partial charge is 0.409 e. The van der Waals surface area contributed by atoms with Gasteiger partial charge in [0, 0.05) is 24.2 Å². The van der Waals surface area contributed by atoms with Crippen LogP contribution >= 0.6 is 12.2 Å². The average Bonchev–Trinajstić information content (AvgIpc) is 2.85. The molecule has 1 N–H and O–H groups in total. The molecule has 1 atom stereocenters. The van der Waals surface area contributed by atoms with Gasteiger partial charge in [-0.25, -0.2) is 5.10 Å². The summed E-state index contributed by atoms with van der Waals surface area (Å²) in [7, 11) is 0. The van der Waals surface area contributed by atoms with Crippen LogP contribution in [0.2, 0.25) is 0 Å². The van der Waals surface area contributed by atoms with E-state index >= 15 is 0 Å². The highest BCUT2D eigenvalue weighted by Gasteiger charge is 2.28. The first-order valence-electron chi connectivity index (χ1n) is 8.80. The smallest absolute Gasteiger partial charge is 0.284 e. The molecule has 3 rings (SSSR count). The molecule has 0 spiro atoms. The van der Waals surface area contributed by atoms with Gasteiger partial charge in [-0.05, 0) is 67.1 Å². The normalized spacial score (nSPS) is 18.8. The molecule has 2 aromatic rings. The number of aromatic nitrogens is 2. The fourth-order valence-corrected chi connectivity index (χ4v) is 3.58. The maximum absolute atomic E-state index is 12.8. The van der Waals surface area contributed by atoms with E-state index in [0.717, 1.165) is 31.5 Å². The van der Waals surface area contributed by atoms with Crippen LogP contribution < -0.4 is 0 Å². The van der Waals surface area contributed by atoms with Gasteiger partial charge in [0.25, 0.3) is 10.7 Å². The first kappa shape index (κ1) is 17.9. The summed E-state index contributed by atoms with van der Waals surface area (Å²) >= 11 is 4.89. The van der Waals surface area contributed by atoms with Crippen molar-refractivity contribution in [2.75, 3.05) is 13.1 Å². The van der Waals surface area contributed by atoms with E-state index in [-0.39, 0.29) is 10.7 Å². The fourth-order valence-electron chi connectivity index (χ4n) is 3.46. The van der Waals surface area contributed by atoms with Crippen molar-refractivity contribution in [3.63, 3.8) is 0 Å². The number of rotatable bonds is 2. The summed E-state index contributed by atoms with van der Waals surface area (Å²) in [4.78, 5) is 15.1. The summed E-state index contributed by atoms with van der Waals surface area (Å²) < 4.78 is 5.30. The number of nitrogens with zero attached hydrogens (tertiary/aromatic N) is 2. The molecule has 6 heteroatoms. The van der Waals surface area contributed by atoms with Crippen LogP contribution in [0, 0.1) is 16.2 Å². The van der Waals surface area contributed by atoms with Crippen LogP contribution in [0.15, 0.2) is 28.7 Å². The fraction of sp³-hybridized carbons (Fsp3) is 0.526. The van der Waals surface area contributed by atoms with Crippen molar-refractivity contribution in [3.8, 4) is 11.5 Å². The second-order valence-corrected chi connectivity index (χ2v) is 8.15. The summed E-state index contributed by atoms with van der Waals surface area (Å²) in [6.07, 6.45) is 3.33. The van der Waals surface area contributed by atoms with Gasteiger partial charge in [-0.2, -0.15) is 0 Å². The molecule has 0 aliphatic carbocycles. The molecule has 1 saturated heterocycles. The minimum atomic E-state index is 0.101. The molecule has 0 saturated carbocycles. The van der Waals surface area contributed by atoms with E-state index in [1.165, 1.54) is 6.42 Å². The van der Waals surface area contributed by atoms with Crippen LogP contribution in [0.4, 0.5) is 0 Å². The summed E-state index contributed by atoms with van der Waals surface area (Å²) in [6, 6.07) is 7.35. The first-order chi connectivity index (χ1) is 11.8. The minimum absolute atomic E-state index is 0.101. The Morgan fingerprint density at radius 1 is 1.24 bits per heavy atom. The number of benzene rings is 1. The van der Waals surface area contributed by atoms with E-state index in [0.29, 0.717) is 22.8 Å². The Labute approximate surface area is 153 Å². The molecule has 1 unspecified atom stereocenters. The SMILES string of the molecule is CC(C)(C)C1CCCN(C(=O)c2ccc(-c3n[nH]c(=S)o3)cc2)CC1. The quantitative estimate of drug-likeness (QED) is 0.790. The molecule has 1 aliphatic rings. The molecule has 1 aromatic carbocycles. The Balaban J connectivity index is 1.69. The summed E-state index contributed by atoms with van der Waals surface area (Å²) in [5, 5.41) is 6.61. The first-order valence-corrected chi connectivity index (χ1v) is 9.20. The van der Waals surface area contributed by atoms with Crippen molar-refractivity contribution in [1.82, 2.24) is 15.1 Å². The lowest BCUT2D eigenvalue weighted by Crippen LogP contribution is -2.32. The molecule has 1 fully saturated rings. The molecule has 1 amide bonds. The van der Waals surface area contributed by atoms with E-state index in [1.807, 2.05) is 29.2 Å². The second-order valence-electron chi connectivity index (χ2n) is 7.78. The number of aromatic amines is 1. The van der Waals surface area contributed by atoms with E-state index in [9.17, 15) is 4.79 Å². The van der Waals surface area contributed by atoms with Crippen LogP contribution in [0.5, 0.6) is 0 Å².